The number of imidazole rings is 1. The van der Waals surface area contributed by atoms with Crippen LogP contribution in [0.15, 0.2) is 67.5 Å². The molecule has 1 saturated carbocycles. The molecule has 1 aromatic carbocycles. The lowest BCUT2D eigenvalue weighted by atomic mass is 10.0. The number of hydrogen-bond donors (Lipinski definition) is 1. The Kier molecular flexibility index (Phi) is 5.60. The van der Waals surface area contributed by atoms with Crippen LogP contribution >= 0.6 is 0 Å². The van der Waals surface area contributed by atoms with Gasteiger partial charge in [-0.2, -0.15) is 0 Å². The Bertz CT molecular complexity index is 918. The Morgan fingerprint density at radius 3 is 2.52 bits per heavy atom. The van der Waals surface area contributed by atoms with E-state index in [1.54, 1.807) is 18.6 Å². The fourth-order valence-electron chi connectivity index (χ4n) is 3.59. The Hall–Kier alpha value is -3.15. The van der Waals surface area contributed by atoms with Crippen LogP contribution < -0.4 is 5.32 Å². The quantitative estimate of drug-likeness (QED) is 0.636. The predicted octanol–water partition coefficient (Wildman–Crippen LogP) is 3.88. The van der Waals surface area contributed by atoms with Crippen LogP contribution in [0.3, 0.4) is 0 Å². The van der Waals surface area contributed by atoms with Crippen molar-refractivity contribution in [1.29, 1.82) is 0 Å². The number of aromatic nitrogens is 3. The lowest BCUT2D eigenvalue weighted by Gasteiger charge is -2.27. The number of aryl methyl sites for hydroxylation is 2. The molecule has 0 unspecified atom stereocenters. The maximum absolute atomic E-state index is 13.2. The van der Waals surface area contributed by atoms with Gasteiger partial charge in [0.25, 0.3) is 0 Å². The standard InChI is InChI=1S/C23H27N5O/c1-19-3-5-21(6-4-19)23(9-10-23)26-22(29)28(17-20-7-11-24-12-8-20)15-2-14-27-16-13-25-18-27/h3-8,11-13,16,18H,2,9-10,14-15,17H2,1H3,(H,26,29). The zero-order valence-electron chi connectivity index (χ0n) is 16.8. The van der Waals surface area contributed by atoms with Gasteiger partial charge in [0.15, 0.2) is 0 Å². The number of pyridine rings is 1. The highest BCUT2D eigenvalue weighted by atomic mass is 16.2. The number of carbonyl (C=O) groups is 1. The molecule has 1 aliphatic rings. The highest BCUT2D eigenvalue weighted by molar-refractivity contribution is 5.76. The minimum atomic E-state index is -0.217. The Morgan fingerprint density at radius 2 is 1.86 bits per heavy atom. The van der Waals surface area contributed by atoms with E-state index in [2.05, 4.69) is 46.5 Å². The number of carbonyl (C=O) groups excluding carboxylic acids is 1. The van der Waals surface area contributed by atoms with E-state index in [1.165, 1.54) is 11.1 Å². The minimum absolute atomic E-state index is 0.00878. The van der Waals surface area contributed by atoms with E-state index in [0.717, 1.165) is 31.4 Å². The molecule has 2 aromatic heterocycles. The summed E-state index contributed by atoms with van der Waals surface area (Å²) in [6.45, 7) is 4.17. The molecule has 6 heteroatoms. The van der Waals surface area contributed by atoms with Crippen molar-refractivity contribution in [3.8, 4) is 0 Å². The van der Waals surface area contributed by atoms with Gasteiger partial charge in [0, 0.05) is 44.4 Å². The van der Waals surface area contributed by atoms with E-state index in [1.807, 2.05) is 34.1 Å². The van der Waals surface area contributed by atoms with Gasteiger partial charge in [0.1, 0.15) is 0 Å². The van der Waals surface area contributed by atoms with Crippen LogP contribution in [0.25, 0.3) is 0 Å². The van der Waals surface area contributed by atoms with Gasteiger partial charge >= 0.3 is 6.03 Å². The van der Waals surface area contributed by atoms with Crippen LogP contribution in [0.2, 0.25) is 0 Å². The molecule has 2 heterocycles. The Morgan fingerprint density at radius 1 is 1.10 bits per heavy atom. The number of nitrogens with one attached hydrogen (secondary N) is 1. The number of rotatable bonds is 8. The molecule has 1 fully saturated rings. The molecule has 150 valence electrons. The molecule has 3 aromatic rings. The van der Waals surface area contributed by atoms with Gasteiger partial charge in [0.2, 0.25) is 0 Å². The predicted molar refractivity (Wildman–Crippen MR) is 112 cm³/mol. The van der Waals surface area contributed by atoms with Gasteiger partial charge in [-0.3, -0.25) is 4.98 Å². The highest BCUT2D eigenvalue weighted by Crippen LogP contribution is 2.45. The van der Waals surface area contributed by atoms with Crippen LogP contribution in [-0.2, 0) is 18.6 Å². The van der Waals surface area contributed by atoms with Gasteiger partial charge in [-0.25, -0.2) is 9.78 Å². The molecule has 0 radical (unpaired) electrons. The van der Waals surface area contributed by atoms with Crippen molar-refractivity contribution in [2.45, 2.75) is 44.8 Å². The van der Waals surface area contributed by atoms with Crippen molar-refractivity contribution >= 4 is 6.03 Å². The molecule has 0 bridgehead atoms. The maximum Gasteiger partial charge on any atom is 0.318 e. The number of urea groups is 1. The van der Waals surface area contributed by atoms with Crippen LogP contribution in [0, 0.1) is 6.92 Å². The van der Waals surface area contributed by atoms with Gasteiger partial charge < -0.3 is 14.8 Å². The van der Waals surface area contributed by atoms with E-state index in [-0.39, 0.29) is 11.6 Å². The summed E-state index contributed by atoms with van der Waals surface area (Å²) in [4.78, 5) is 23.3. The van der Waals surface area contributed by atoms with Crippen LogP contribution in [0.5, 0.6) is 0 Å². The first-order valence-electron chi connectivity index (χ1n) is 10.1. The first-order valence-corrected chi connectivity index (χ1v) is 10.1. The molecule has 0 saturated heterocycles. The SMILES string of the molecule is Cc1ccc(C2(NC(=O)N(CCCn3ccnc3)Cc3ccncc3)CC2)cc1. The number of amides is 2. The van der Waals surface area contributed by atoms with Crippen LogP contribution in [0.4, 0.5) is 4.79 Å². The highest BCUT2D eigenvalue weighted by Gasteiger charge is 2.46. The van der Waals surface area contributed by atoms with Crippen molar-refractivity contribution < 1.29 is 4.79 Å². The van der Waals surface area contributed by atoms with E-state index in [0.29, 0.717) is 13.1 Å². The van der Waals surface area contributed by atoms with Gasteiger partial charge in [-0.15, -0.1) is 0 Å². The average molecular weight is 390 g/mol. The third kappa shape index (κ3) is 4.83. The molecule has 0 spiro atoms. The molecular weight excluding hydrogens is 362 g/mol. The van der Waals surface area contributed by atoms with Gasteiger partial charge in [-0.05, 0) is 49.4 Å². The molecule has 0 atom stereocenters. The second-order valence-electron chi connectivity index (χ2n) is 7.81. The normalized spacial score (nSPS) is 14.4. The van der Waals surface area contributed by atoms with Crippen molar-refractivity contribution in [2.75, 3.05) is 6.54 Å². The van der Waals surface area contributed by atoms with Crippen molar-refractivity contribution in [3.05, 3.63) is 84.2 Å². The molecule has 1 N–H and O–H groups in total. The summed E-state index contributed by atoms with van der Waals surface area (Å²) in [7, 11) is 0. The smallest absolute Gasteiger partial charge is 0.318 e. The average Bonchev–Trinajstić information content (AvgIpc) is 3.32. The molecule has 2 amide bonds. The molecule has 29 heavy (non-hydrogen) atoms. The summed E-state index contributed by atoms with van der Waals surface area (Å²) in [5.41, 5.74) is 3.29. The Labute approximate surface area is 171 Å². The summed E-state index contributed by atoms with van der Waals surface area (Å²) in [5, 5.41) is 3.32. The summed E-state index contributed by atoms with van der Waals surface area (Å²) in [5.74, 6) is 0. The zero-order chi connectivity index (χ0) is 20.1. The summed E-state index contributed by atoms with van der Waals surface area (Å²) >= 11 is 0. The van der Waals surface area contributed by atoms with Crippen molar-refractivity contribution in [1.82, 2.24) is 24.8 Å². The van der Waals surface area contributed by atoms with Crippen LogP contribution in [-0.4, -0.2) is 32.0 Å². The largest absolute Gasteiger partial charge is 0.337 e. The lowest BCUT2D eigenvalue weighted by Crippen LogP contribution is -2.45. The number of nitrogens with zero attached hydrogens (tertiary/aromatic N) is 4. The fourth-order valence-corrected chi connectivity index (χ4v) is 3.59. The summed E-state index contributed by atoms with van der Waals surface area (Å²) in [6, 6.07) is 12.4. The number of hydrogen-bond acceptors (Lipinski definition) is 3. The number of benzene rings is 1. The van der Waals surface area contributed by atoms with E-state index < -0.39 is 0 Å². The zero-order valence-corrected chi connectivity index (χ0v) is 16.8. The minimum Gasteiger partial charge on any atom is -0.337 e. The van der Waals surface area contributed by atoms with E-state index >= 15 is 0 Å². The maximum atomic E-state index is 13.2. The first kappa shape index (κ1) is 19.2. The Balaban J connectivity index is 1.44. The monoisotopic (exact) mass is 389 g/mol. The van der Waals surface area contributed by atoms with Gasteiger partial charge in [-0.1, -0.05) is 29.8 Å². The molecule has 4 rings (SSSR count). The van der Waals surface area contributed by atoms with E-state index in [9.17, 15) is 4.79 Å². The molecule has 1 aliphatic carbocycles. The fraction of sp³-hybridized carbons (Fsp3) is 0.348. The van der Waals surface area contributed by atoms with Crippen molar-refractivity contribution in [3.63, 3.8) is 0 Å². The summed E-state index contributed by atoms with van der Waals surface area (Å²) in [6.07, 6.45) is 11.9. The summed E-state index contributed by atoms with van der Waals surface area (Å²) < 4.78 is 2.04. The van der Waals surface area contributed by atoms with Crippen LogP contribution in [0.1, 0.15) is 36.0 Å². The van der Waals surface area contributed by atoms with Crippen molar-refractivity contribution in [2.24, 2.45) is 0 Å². The topological polar surface area (TPSA) is 63.1 Å². The molecule has 6 nitrogen and oxygen atoms in total. The second-order valence-corrected chi connectivity index (χ2v) is 7.81. The first-order chi connectivity index (χ1) is 14.1. The van der Waals surface area contributed by atoms with E-state index in [4.69, 9.17) is 0 Å². The lowest BCUT2D eigenvalue weighted by molar-refractivity contribution is 0.188. The third-order valence-corrected chi connectivity index (χ3v) is 5.51. The molecule has 0 aliphatic heterocycles. The van der Waals surface area contributed by atoms with Gasteiger partial charge in [0.05, 0.1) is 11.9 Å². The third-order valence-electron chi connectivity index (χ3n) is 5.51. The molecular formula is C23H27N5O. The second kappa shape index (κ2) is 8.47.